The average molecular weight is 140 g/mol. The summed E-state index contributed by atoms with van der Waals surface area (Å²) in [4.78, 5) is 0. The van der Waals surface area contributed by atoms with Gasteiger partial charge in [-0.05, 0) is 19.3 Å². The van der Waals surface area contributed by atoms with Crippen LogP contribution in [-0.4, -0.2) is 20.5 Å². The van der Waals surface area contributed by atoms with Crippen molar-refractivity contribution in [3.63, 3.8) is 0 Å². The molecule has 1 aliphatic carbocycles. The smallest absolute Gasteiger partial charge is 0.139 e. The second-order valence-electron chi connectivity index (χ2n) is 3.30. The quantitative estimate of drug-likeness (QED) is 0.532. The molecule has 0 heterocycles. The highest BCUT2D eigenvalue weighted by Gasteiger charge is 2.19. The molecular weight excluding hydrogens is 123 g/mol. The van der Waals surface area contributed by atoms with E-state index < -0.39 is 0 Å². The number of hydrogen-bond donors (Lipinski definition) is 0. The third-order valence-corrected chi connectivity index (χ3v) is 2.34. The average Bonchev–Trinajstić information content (AvgIpc) is 1.80. The Morgan fingerprint density at radius 3 is 2.70 bits per heavy atom. The van der Waals surface area contributed by atoms with Crippen LogP contribution >= 0.6 is 0 Å². The zero-order valence-electron chi connectivity index (χ0n) is 7.10. The largest absolute Gasteiger partial charge is 0.388 e. The maximum absolute atomic E-state index is 5.45. The van der Waals surface area contributed by atoms with Gasteiger partial charge in [0.2, 0.25) is 0 Å². The van der Waals surface area contributed by atoms with E-state index in [0.29, 0.717) is 6.00 Å². The van der Waals surface area contributed by atoms with Gasteiger partial charge in [-0.15, -0.1) is 0 Å². The fraction of sp³-hybridized carbons (Fsp3) is 1.00. The summed E-state index contributed by atoms with van der Waals surface area (Å²) in [6.45, 7) is 2.94. The minimum atomic E-state index is 0.496. The van der Waals surface area contributed by atoms with Crippen LogP contribution in [0, 0.1) is 5.92 Å². The van der Waals surface area contributed by atoms with Gasteiger partial charge in [-0.25, -0.2) is 0 Å². The molecule has 0 bridgehead atoms. The molecular formula is C8H17BO. The minimum Gasteiger partial charge on any atom is -0.388 e. The molecule has 0 aliphatic heterocycles. The molecule has 2 heteroatoms. The van der Waals surface area contributed by atoms with Gasteiger partial charge in [-0.1, -0.05) is 19.3 Å². The van der Waals surface area contributed by atoms with Crippen molar-refractivity contribution in [1.82, 2.24) is 0 Å². The molecule has 1 unspecified atom stereocenters. The molecule has 0 spiro atoms. The monoisotopic (exact) mass is 140 g/mol. The van der Waals surface area contributed by atoms with Gasteiger partial charge >= 0.3 is 0 Å². The minimum absolute atomic E-state index is 0.496. The number of rotatable bonds is 4. The summed E-state index contributed by atoms with van der Waals surface area (Å²) in [5, 5.41) is 0. The molecule has 1 saturated carbocycles. The second kappa shape index (κ2) is 4.02. The summed E-state index contributed by atoms with van der Waals surface area (Å²) in [7, 11) is 2.18. The predicted molar refractivity (Wildman–Crippen MR) is 45.9 cm³/mol. The van der Waals surface area contributed by atoms with E-state index in [1.54, 1.807) is 0 Å². The van der Waals surface area contributed by atoms with Crippen molar-refractivity contribution in [1.29, 1.82) is 0 Å². The first kappa shape index (κ1) is 8.12. The lowest BCUT2D eigenvalue weighted by Crippen LogP contribution is -2.21. The zero-order chi connectivity index (χ0) is 7.40. The Bertz CT molecular complexity index is 91.3. The standard InChI is InChI=1S/C8H17BO/c1-2-10-8(9)6-7-4-3-5-7/h7-8H,2-6,9H2,1H3. The molecule has 0 aromatic carbocycles. The predicted octanol–water partition coefficient (Wildman–Crippen LogP) is 1.17. The van der Waals surface area contributed by atoms with Crippen molar-refractivity contribution in [3.8, 4) is 0 Å². The third kappa shape index (κ3) is 2.33. The van der Waals surface area contributed by atoms with Crippen LogP contribution in [-0.2, 0) is 4.74 Å². The molecule has 10 heavy (non-hydrogen) atoms. The number of hydrogen-bond acceptors (Lipinski definition) is 1. The van der Waals surface area contributed by atoms with Crippen molar-refractivity contribution < 1.29 is 4.74 Å². The number of ether oxygens (including phenoxy) is 1. The van der Waals surface area contributed by atoms with Crippen molar-refractivity contribution in [2.45, 2.75) is 38.6 Å². The fourth-order valence-electron chi connectivity index (χ4n) is 1.55. The van der Waals surface area contributed by atoms with Crippen molar-refractivity contribution in [2.75, 3.05) is 6.61 Å². The first-order valence-corrected chi connectivity index (χ1v) is 4.44. The normalized spacial score (nSPS) is 22.1. The molecule has 0 N–H and O–H groups in total. The Kier molecular flexibility index (Phi) is 3.27. The molecule has 58 valence electrons. The summed E-state index contributed by atoms with van der Waals surface area (Å²) in [6, 6.07) is 0.496. The molecule has 1 fully saturated rings. The zero-order valence-corrected chi connectivity index (χ0v) is 7.10. The molecule has 1 aliphatic rings. The molecule has 0 aromatic rings. The Morgan fingerprint density at radius 2 is 2.30 bits per heavy atom. The van der Waals surface area contributed by atoms with E-state index in [-0.39, 0.29) is 0 Å². The summed E-state index contributed by atoms with van der Waals surface area (Å²) in [5.74, 6) is 0.988. The topological polar surface area (TPSA) is 9.23 Å². The molecule has 0 aromatic heterocycles. The van der Waals surface area contributed by atoms with Crippen LogP contribution in [0.2, 0.25) is 0 Å². The highest BCUT2D eigenvalue weighted by Crippen LogP contribution is 2.30. The van der Waals surface area contributed by atoms with Crippen molar-refractivity contribution in [2.24, 2.45) is 5.92 Å². The van der Waals surface area contributed by atoms with Gasteiger partial charge in [-0.2, -0.15) is 0 Å². The SMILES string of the molecule is BC(CC1CCC1)OCC. The lowest BCUT2D eigenvalue weighted by molar-refractivity contribution is 0.0869. The van der Waals surface area contributed by atoms with Crippen LogP contribution in [0.1, 0.15) is 32.6 Å². The molecule has 0 saturated heterocycles. The van der Waals surface area contributed by atoms with Crippen LogP contribution in [0.25, 0.3) is 0 Å². The van der Waals surface area contributed by atoms with Gasteiger partial charge in [0.05, 0.1) is 0 Å². The van der Waals surface area contributed by atoms with E-state index in [4.69, 9.17) is 4.74 Å². The van der Waals surface area contributed by atoms with Crippen LogP contribution in [0.15, 0.2) is 0 Å². The maximum Gasteiger partial charge on any atom is 0.139 e. The summed E-state index contributed by atoms with van der Waals surface area (Å²) in [5.41, 5.74) is 0. The Morgan fingerprint density at radius 1 is 1.60 bits per heavy atom. The summed E-state index contributed by atoms with van der Waals surface area (Å²) in [6.07, 6.45) is 5.62. The Labute approximate surface area is 64.6 Å². The van der Waals surface area contributed by atoms with Crippen LogP contribution in [0.4, 0.5) is 0 Å². The van der Waals surface area contributed by atoms with E-state index in [1.165, 1.54) is 25.7 Å². The first-order valence-electron chi connectivity index (χ1n) is 4.44. The van der Waals surface area contributed by atoms with Crippen LogP contribution in [0.3, 0.4) is 0 Å². The van der Waals surface area contributed by atoms with Gasteiger partial charge in [0.25, 0.3) is 0 Å². The highest BCUT2D eigenvalue weighted by atomic mass is 16.5. The second-order valence-corrected chi connectivity index (χ2v) is 3.30. The van der Waals surface area contributed by atoms with E-state index in [2.05, 4.69) is 14.8 Å². The highest BCUT2D eigenvalue weighted by molar-refractivity contribution is 6.10. The molecule has 1 rings (SSSR count). The molecule has 0 radical (unpaired) electrons. The first-order chi connectivity index (χ1) is 4.83. The molecule has 1 atom stereocenters. The molecule has 0 amide bonds. The van der Waals surface area contributed by atoms with Crippen molar-refractivity contribution in [3.05, 3.63) is 0 Å². The lowest BCUT2D eigenvalue weighted by Gasteiger charge is -2.27. The van der Waals surface area contributed by atoms with Gasteiger partial charge < -0.3 is 4.74 Å². The van der Waals surface area contributed by atoms with Gasteiger partial charge in [-0.3, -0.25) is 0 Å². The Balaban J connectivity index is 1.99. The fourth-order valence-corrected chi connectivity index (χ4v) is 1.55. The third-order valence-electron chi connectivity index (χ3n) is 2.34. The van der Waals surface area contributed by atoms with Crippen molar-refractivity contribution >= 4 is 7.85 Å². The Hall–Kier alpha value is 0.0249. The van der Waals surface area contributed by atoms with Gasteiger partial charge in [0.1, 0.15) is 7.85 Å². The molecule has 1 nitrogen and oxygen atoms in total. The van der Waals surface area contributed by atoms with Gasteiger partial charge in [0, 0.05) is 12.6 Å². The summed E-state index contributed by atoms with van der Waals surface area (Å²) < 4.78 is 5.45. The van der Waals surface area contributed by atoms with E-state index in [1.807, 2.05) is 0 Å². The maximum atomic E-state index is 5.45. The van der Waals surface area contributed by atoms with Crippen LogP contribution in [0.5, 0.6) is 0 Å². The van der Waals surface area contributed by atoms with Gasteiger partial charge in [0.15, 0.2) is 0 Å². The lowest BCUT2D eigenvalue weighted by atomic mass is 9.77. The van der Waals surface area contributed by atoms with E-state index in [9.17, 15) is 0 Å². The van der Waals surface area contributed by atoms with E-state index in [0.717, 1.165) is 12.5 Å². The van der Waals surface area contributed by atoms with Crippen LogP contribution < -0.4 is 0 Å². The summed E-state index contributed by atoms with van der Waals surface area (Å²) >= 11 is 0. The van der Waals surface area contributed by atoms with E-state index >= 15 is 0 Å².